The van der Waals surface area contributed by atoms with Crippen LogP contribution in [0.5, 0.6) is 0 Å². The summed E-state index contributed by atoms with van der Waals surface area (Å²) in [6.07, 6.45) is -10.0. The first-order chi connectivity index (χ1) is 27.2. The summed E-state index contributed by atoms with van der Waals surface area (Å²) in [6, 6.07) is 0. The minimum atomic E-state index is -5.29. The van der Waals surface area contributed by atoms with Crippen LogP contribution in [0.15, 0.2) is 11.6 Å². The summed E-state index contributed by atoms with van der Waals surface area (Å²) >= 11 is 0. The fourth-order valence-electron chi connectivity index (χ4n) is 13.7. The van der Waals surface area contributed by atoms with Crippen molar-refractivity contribution >= 4 is 16.4 Å². The number of carbonyl (C=O) groups is 1. The molecule has 336 valence electrons. The fourth-order valence-corrected chi connectivity index (χ4v) is 14.2. The quantitative estimate of drug-likeness (QED) is 0.0407. The Morgan fingerprint density at radius 2 is 1.52 bits per heavy atom. The standard InChI is InChI=1S/C41H64O17S.Na/c1-19-27(43)29(45)30(46)32(53-19)55-31-28(44)22(58-59(49,50)51)18-52-33(31)54-25-12-14-37(6)21-17-24(42)41-34(47)57-39(8,26-11-13-35(2,3)56-26)40(41,48)16-15-38(41,7)20(21)9-10-23(37)36(25,4)5;/h17,19-20,22-33,42-46,48H,9-16,18H2,1-8H3,(H,49,50,51);/q;+1/p-1/t19?,20-,22-,23?,24+,25+,26+,27-,28?,29?,30?,31?,32+,33+,37-,38+,39+,40+,41?;/m1./s1. The second-order valence-corrected chi connectivity index (χ2v) is 21.7. The zero-order chi connectivity index (χ0) is 43.3. The minimum Gasteiger partial charge on any atom is -0.726 e. The number of cyclic esters (lactones) is 1. The van der Waals surface area contributed by atoms with Crippen LogP contribution in [0.25, 0.3) is 0 Å². The van der Waals surface area contributed by atoms with Gasteiger partial charge in [0, 0.05) is 0 Å². The van der Waals surface area contributed by atoms with Gasteiger partial charge in [0.2, 0.25) is 10.4 Å². The summed E-state index contributed by atoms with van der Waals surface area (Å²) in [5, 5.41) is 68.1. The van der Waals surface area contributed by atoms with Crippen molar-refractivity contribution in [1.29, 1.82) is 0 Å². The van der Waals surface area contributed by atoms with Crippen molar-refractivity contribution in [1.82, 2.24) is 0 Å². The molecular formula is C41H63NaO17S. The molecule has 8 aliphatic rings. The van der Waals surface area contributed by atoms with E-state index in [-0.39, 0.29) is 47.8 Å². The molecule has 19 heteroatoms. The molecule has 7 fully saturated rings. The smallest absolute Gasteiger partial charge is 0.726 e. The van der Waals surface area contributed by atoms with E-state index in [1.165, 1.54) is 6.92 Å². The van der Waals surface area contributed by atoms with E-state index in [0.29, 0.717) is 38.5 Å². The molecule has 4 saturated heterocycles. The van der Waals surface area contributed by atoms with Crippen molar-refractivity contribution < 1.29 is 111 Å². The summed E-state index contributed by atoms with van der Waals surface area (Å²) in [5.41, 5.74) is -5.93. The molecule has 0 bridgehead atoms. The maximum absolute atomic E-state index is 14.5. The average molecular weight is 883 g/mol. The maximum Gasteiger partial charge on any atom is 1.00 e. The molecule has 0 aromatic heterocycles. The number of rotatable bonds is 7. The summed E-state index contributed by atoms with van der Waals surface area (Å²) in [6.45, 7) is 15.0. The Labute approximate surface area is 374 Å². The van der Waals surface area contributed by atoms with Gasteiger partial charge in [-0.05, 0) is 107 Å². The monoisotopic (exact) mass is 882 g/mol. The van der Waals surface area contributed by atoms with E-state index in [9.17, 15) is 48.4 Å². The van der Waals surface area contributed by atoms with Gasteiger partial charge in [-0.2, -0.15) is 0 Å². The SMILES string of the molecule is CC1O[C@@H](OC2C(O)[C@H](OS(=O)(=O)[O-])CO[C@H]2O[C@H]2CC[C@]3(C)C4=C[C@H](O)C56C(=O)O[C@@](C)([C@@H]7CCC(C)(C)O7)[C@@]5(O)CC[C@@]6(C)[C@@H]4CCC3C2(C)C)C(O)C(O)[C@@H]1O.[Na+]. The number of fused-ring (bicyclic) bond motifs is 4. The number of carbonyl (C=O) groups excluding carboxylic acids is 1. The van der Waals surface area contributed by atoms with E-state index >= 15 is 0 Å². The van der Waals surface area contributed by atoms with Gasteiger partial charge < -0.3 is 63.6 Å². The summed E-state index contributed by atoms with van der Waals surface area (Å²) in [4.78, 5) is 14.5. The van der Waals surface area contributed by atoms with Crippen LogP contribution in [0.2, 0.25) is 0 Å². The first-order valence-corrected chi connectivity index (χ1v) is 22.5. The van der Waals surface area contributed by atoms with Crippen LogP contribution in [-0.2, 0) is 47.8 Å². The molecule has 7 unspecified atom stereocenters. The second kappa shape index (κ2) is 15.4. The molecular weight excluding hydrogens is 819 g/mol. The number of esters is 1. The van der Waals surface area contributed by atoms with E-state index in [2.05, 4.69) is 25.0 Å². The molecule has 0 radical (unpaired) electrons. The third-order valence-electron chi connectivity index (χ3n) is 16.9. The zero-order valence-electron chi connectivity index (χ0n) is 36.1. The molecule has 4 aliphatic carbocycles. The number of aliphatic hydroxyl groups excluding tert-OH is 5. The van der Waals surface area contributed by atoms with Crippen LogP contribution in [0.3, 0.4) is 0 Å². The molecule has 17 nitrogen and oxygen atoms in total. The first kappa shape index (κ1) is 47.6. The van der Waals surface area contributed by atoms with Crippen molar-refractivity contribution in [3.8, 4) is 0 Å². The molecule has 0 aromatic rings. The summed E-state index contributed by atoms with van der Waals surface area (Å²) in [5.74, 6) is -0.763. The van der Waals surface area contributed by atoms with Gasteiger partial charge in [-0.15, -0.1) is 0 Å². The van der Waals surface area contributed by atoms with Gasteiger partial charge in [-0.1, -0.05) is 39.3 Å². The van der Waals surface area contributed by atoms with E-state index in [0.717, 1.165) is 12.0 Å². The second-order valence-electron chi connectivity index (χ2n) is 20.7. The van der Waals surface area contributed by atoms with Crippen LogP contribution >= 0.6 is 0 Å². The average Bonchev–Trinajstić information content (AvgIpc) is 3.70. The third kappa shape index (κ3) is 6.66. The van der Waals surface area contributed by atoms with Gasteiger partial charge in [0.05, 0.1) is 30.5 Å². The first-order valence-electron chi connectivity index (χ1n) is 21.2. The Morgan fingerprint density at radius 3 is 2.15 bits per heavy atom. The van der Waals surface area contributed by atoms with Gasteiger partial charge in [-0.25, -0.2) is 8.42 Å². The summed E-state index contributed by atoms with van der Waals surface area (Å²) < 4.78 is 76.1. The van der Waals surface area contributed by atoms with E-state index in [1.807, 2.05) is 26.8 Å². The fraction of sp³-hybridized carbons (Fsp3) is 0.927. The van der Waals surface area contributed by atoms with Crippen molar-refractivity contribution in [2.45, 2.75) is 197 Å². The van der Waals surface area contributed by atoms with Crippen LogP contribution in [0.1, 0.15) is 107 Å². The Hall–Kier alpha value is -0.360. The van der Waals surface area contributed by atoms with E-state index < -0.39 is 135 Å². The van der Waals surface area contributed by atoms with Gasteiger partial charge in [0.25, 0.3) is 0 Å². The van der Waals surface area contributed by atoms with Gasteiger partial charge in [0.15, 0.2) is 18.2 Å². The Bertz CT molecular complexity index is 1830. The van der Waals surface area contributed by atoms with Crippen LogP contribution in [-0.4, -0.2) is 147 Å². The molecule has 19 atom stereocenters. The molecule has 8 rings (SSSR count). The van der Waals surface area contributed by atoms with Gasteiger partial charge in [-0.3, -0.25) is 8.98 Å². The molecule has 3 saturated carbocycles. The van der Waals surface area contributed by atoms with Crippen molar-refractivity contribution in [2.75, 3.05) is 6.61 Å². The van der Waals surface area contributed by atoms with Gasteiger partial charge >= 0.3 is 35.5 Å². The molecule has 60 heavy (non-hydrogen) atoms. The molecule has 6 N–H and O–H groups in total. The summed E-state index contributed by atoms with van der Waals surface area (Å²) in [7, 11) is -5.29. The largest absolute Gasteiger partial charge is 1.00 e. The van der Waals surface area contributed by atoms with E-state index in [4.69, 9.17) is 28.4 Å². The number of hydrogen-bond donors (Lipinski definition) is 6. The third-order valence-corrected chi connectivity index (χ3v) is 17.4. The van der Waals surface area contributed by atoms with Crippen molar-refractivity contribution in [3.05, 3.63) is 11.6 Å². The van der Waals surface area contributed by atoms with Crippen molar-refractivity contribution in [3.63, 3.8) is 0 Å². The van der Waals surface area contributed by atoms with Crippen LogP contribution in [0, 0.1) is 33.5 Å². The predicted molar refractivity (Wildman–Crippen MR) is 201 cm³/mol. The Kier molecular flexibility index (Phi) is 12.2. The predicted octanol–water partition coefficient (Wildman–Crippen LogP) is -1.90. The van der Waals surface area contributed by atoms with Crippen LogP contribution in [0.4, 0.5) is 0 Å². The minimum absolute atomic E-state index is 0. The zero-order valence-corrected chi connectivity index (χ0v) is 38.9. The van der Waals surface area contributed by atoms with Crippen molar-refractivity contribution in [2.24, 2.45) is 33.5 Å². The molecule has 4 aliphatic heterocycles. The molecule has 0 aromatic carbocycles. The number of ether oxygens (including phenoxy) is 6. The number of allylic oxidation sites excluding steroid dienone is 1. The topological polar surface area (TPSA) is 260 Å². The Balaban J connectivity index is 0.00000544. The molecule has 1 spiro atoms. The Morgan fingerprint density at radius 1 is 0.833 bits per heavy atom. The molecule has 4 heterocycles. The van der Waals surface area contributed by atoms with E-state index in [1.54, 1.807) is 6.92 Å². The number of hydrogen-bond acceptors (Lipinski definition) is 17. The van der Waals surface area contributed by atoms with Crippen LogP contribution < -0.4 is 29.6 Å². The number of aliphatic hydroxyl groups is 6. The van der Waals surface area contributed by atoms with Gasteiger partial charge in [0.1, 0.15) is 53.7 Å². The maximum atomic E-state index is 14.5. The normalized spacial score (nSPS) is 53.2. The molecule has 0 amide bonds.